The quantitative estimate of drug-likeness (QED) is 0.424. The summed E-state index contributed by atoms with van der Waals surface area (Å²) in [5.74, 6) is -0.423. The number of carbonyl (C=O) groups is 2. The summed E-state index contributed by atoms with van der Waals surface area (Å²) in [6.07, 6.45) is 0.793. The van der Waals surface area contributed by atoms with Gasteiger partial charge in [-0.2, -0.15) is 5.10 Å². The fourth-order valence-electron chi connectivity index (χ4n) is 2.16. The molecule has 0 bridgehead atoms. The molecule has 1 heterocycles. The minimum atomic E-state index is -0.855. The van der Waals surface area contributed by atoms with Gasteiger partial charge in [-0.1, -0.05) is 13.8 Å². The molecular weight excluding hydrogens is 354 g/mol. The number of hydrogen-bond donors (Lipinski definition) is 4. The zero-order valence-corrected chi connectivity index (χ0v) is 16.4. The van der Waals surface area contributed by atoms with Crippen LogP contribution in [-0.4, -0.2) is 39.8 Å². The Morgan fingerprint density at radius 3 is 2.37 bits per heavy atom. The number of hydrazone groups is 1. The molecule has 0 aromatic carbocycles. The molecule has 0 aliphatic rings. The summed E-state index contributed by atoms with van der Waals surface area (Å²) in [5, 5.41) is 6.27. The average Bonchev–Trinajstić information content (AvgIpc) is 2.46. The zero-order chi connectivity index (χ0) is 20.8. The SMILES string of the molecule is Cc1[nH]c(=O)[nH]c(=O)c1C=NNC(=O)[C@H](CC(C)C)NC(=O)OC(C)(C)C. The molecule has 0 saturated heterocycles. The van der Waals surface area contributed by atoms with Gasteiger partial charge in [-0.15, -0.1) is 0 Å². The first-order valence-electron chi connectivity index (χ1n) is 8.54. The summed E-state index contributed by atoms with van der Waals surface area (Å²) < 4.78 is 5.17. The van der Waals surface area contributed by atoms with Crippen LogP contribution in [0.15, 0.2) is 14.7 Å². The Balaban J connectivity index is 2.84. The maximum atomic E-state index is 12.4. The number of amides is 2. The topological polar surface area (TPSA) is 146 Å². The molecule has 0 aliphatic heterocycles. The molecule has 1 rings (SSSR count). The van der Waals surface area contributed by atoms with Crippen LogP contribution in [0.3, 0.4) is 0 Å². The molecule has 0 fully saturated rings. The maximum Gasteiger partial charge on any atom is 0.408 e. The smallest absolute Gasteiger partial charge is 0.408 e. The molecular formula is C17H27N5O5. The Kier molecular flexibility index (Phi) is 7.50. The first-order chi connectivity index (χ1) is 12.4. The summed E-state index contributed by atoms with van der Waals surface area (Å²) in [6.45, 7) is 10.5. The molecule has 150 valence electrons. The molecule has 1 aromatic heterocycles. The van der Waals surface area contributed by atoms with Crippen LogP contribution < -0.4 is 22.0 Å². The third kappa shape index (κ3) is 7.89. The summed E-state index contributed by atoms with van der Waals surface area (Å²) in [5.41, 5.74) is 0.765. The van der Waals surface area contributed by atoms with E-state index in [1.165, 1.54) is 6.92 Å². The molecule has 10 nitrogen and oxygen atoms in total. The lowest BCUT2D eigenvalue weighted by Crippen LogP contribution is -2.47. The van der Waals surface area contributed by atoms with Gasteiger partial charge < -0.3 is 15.0 Å². The standard InChI is InChI=1S/C17H27N5O5/c1-9(2)7-12(20-16(26)27-17(4,5)6)14(24)22-18-8-11-10(3)19-15(25)21-13(11)23/h8-9,12H,7H2,1-6H3,(H,20,26)(H,22,24)(H2,19,21,23,25)/t12-/m0/s1. The van der Waals surface area contributed by atoms with E-state index in [9.17, 15) is 19.2 Å². The lowest BCUT2D eigenvalue weighted by atomic mass is 10.0. The van der Waals surface area contributed by atoms with Gasteiger partial charge in [0.15, 0.2) is 0 Å². The number of ether oxygens (including phenoxy) is 1. The summed E-state index contributed by atoms with van der Waals surface area (Å²) in [7, 11) is 0. The van der Waals surface area contributed by atoms with Crippen molar-refractivity contribution in [2.24, 2.45) is 11.0 Å². The molecule has 1 aromatic rings. The van der Waals surface area contributed by atoms with E-state index in [0.717, 1.165) is 6.21 Å². The molecule has 2 amide bonds. The van der Waals surface area contributed by atoms with E-state index in [-0.39, 0.29) is 11.5 Å². The van der Waals surface area contributed by atoms with Crippen molar-refractivity contribution < 1.29 is 14.3 Å². The van der Waals surface area contributed by atoms with Crippen LogP contribution in [0.1, 0.15) is 52.3 Å². The number of carbonyl (C=O) groups excluding carboxylic acids is 2. The second-order valence-corrected chi connectivity index (χ2v) is 7.51. The van der Waals surface area contributed by atoms with Crippen LogP contribution in [0.2, 0.25) is 0 Å². The van der Waals surface area contributed by atoms with Crippen molar-refractivity contribution in [3.63, 3.8) is 0 Å². The number of nitrogens with one attached hydrogen (secondary N) is 4. The van der Waals surface area contributed by atoms with Crippen molar-refractivity contribution in [2.45, 2.75) is 59.6 Å². The van der Waals surface area contributed by atoms with E-state index in [0.29, 0.717) is 12.1 Å². The second kappa shape index (κ2) is 9.15. The number of alkyl carbamates (subject to hydrolysis) is 1. The number of aromatic nitrogens is 2. The van der Waals surface area contributed by atoms with Crippen LogP contribution in [-0.2, 0) is 9.53 Å². The first kappa shape index (κ1) is 22.1. The van der Waals surface area contributed by atoms with Crippen LogP contribution >= 0.6 is 0 Å². The molecule has 0 aliphatic carbocycles. The van der Waals surface area contributed by atoms with Crippen molar-refractivity contribution >= 4 is 18.2 Å². The molecule has 4 N–H and O–H groups in total. The highest BCUT2D eigenvalue weighted by atomic mass is 16.6. The van der Waals surface area contributed by atoms with Gasteiger partial charge in [-0.3, -0.25) is 14.6 Å². The van der Waals surface area contributed by atoms with E-state index < -0.39 is 34.9 Å². The van der Waals surface area contributed by atoms with Crippen molar-refractivity contribution in [3.05, 3.63) is 32.1 Å². The highest BCUT2D eigenvalue weighted by molar-refractivity contribution is 5.87. The van der Waals surface area contributed by atoms with E-state index in [4.69, 9.17) is 4.74 Å². The number of nitrogens with zero attached hydrogens (tertiary/aromatic N) is 1. The van der Waals surface area contributed by atoms with Crippen LogP contribution in [0, 0.1) is 12.8 Å². The highest BCUT2D eigenvalue weighted by Crippen LogP contribution is 2.09. The fraction of sp³-hybridized carbons (Fsp3) is 0.588. The van der Waals surface area contributed by atoms with Crippen LogP contribution in [0.5, 0.6) is 0 Å². The van der Waals surface area contributed by atoms with Gasteiger partial charge in [-0.05, 0) is 40.0 Å². The van der Waals surface area contributed by atoms with E-state index in [1.807, 2.05) is 13.8 Å². The largest absolute Gasteiger partial charge is 0.444 e. The zero-order valence-electron chi connectivity index (χ0n) is 16.4. The van der Waals surface area contributed by atoms with Gasteiger partial charge in [0.25, 0.3) is 11.5 Å². The first-order valence-corrected chi connectivity index (χ1v) is 8.54. The van der Waals surface area contributed by atoms with Crippen molar-refractivity contribution in [2.75, 3.05) is 0 Å². The lowest BCUT2D eigenvalue weighted by molar-refractivity contribution is -0.123. The molecule has 0 radical (unpaired) electrons. The van der Waals surface area contributed by atoms with Gasteiger partial charge in [0.05, 0.1) is 11.8 Å². The summed E-state index contributed by atoms with van der Waals surface area (Å²) in [6, 6.07) is -0.855. The lowest BCUT2D eigenvalue weighted by Gasteiger charge is -2.23. The van der Waals surface area contributed by atoms with Crippen LogP contribution in [0.25, 0.3) is 0 Å². The second-order valence-electron chi connectivity index (χ2n) is 7.51. The summed E-state index contributed by atoms with van der Waals surface area (Å²) in [4.78, 5) is 51.7. The Morgan fingerprint density at radius 2 is 1.85 bits per heavy atom. The minimum Gasteiger partial charge on any atom is -0.444 e. The molecule has 0 unspecified atom stereocenters. The number of H-pyrrole nitrogens is 2. The van der Waals surface area contributed by atoms with Gasteiger partial charge in [0, 0.05) is 5.69 Å². The summed E-state index contributed by atoms with van der Waals surface area (Å²) >= 11 is 0. The Hall–Kier alpha value is -2.91. The van der Waals surface area contributed by atoms with Crippen LogP contribution in [0.4, 0.5) is 4.79 Å². The van der Waals surface area contributed by atoms with Gasteiger partial charge in [0.2, 0.25) is 0 Å². The maximum absolute atomic E-state index is 12.4. The molecule has 0 spiro atoms. The molecule has 27 heavy (non-hydrogen) atoms. The molecule has 1 atom stereocenters. The average molecular weight is 381 g/mol. The van der Waals surface area contributed by atoms with E-state index in [1.54, 1.807) is 20.8 Å². The third-order valence-electron chi connectivity index (χ3n) is 3.26. The monoisotopic (exact) mass is 381 g/mol. The highest BCUT2D eigenvalue weighted by Gasteiger charge is 2.25. The fourth-order valence-corrected chi connectivity index (χ4v) is 2.16. The van der Waals surface area contributed by atoms with Crippen molar-refractivity contribution in [3.8, 4) is 0 Å². The van der Waals surface area contributed by atoms with E-state index >= 15 is 0 Å². The predicted octanol–water partition coefficient (Wildman–Crippen LogP) is 0.761. The molecule has 0 saturated carbocycles. The Morgan fingerprint density at radius 1 is 1.22 bits per heavy atom. The third-order valence-corrected chi connectivity index (χ3v) is 3.26. The number of aryl methyl sites for hydroxylation is 1. The van der Waals surface area contributed by atoms with Gasteiger partial charge in [-0.25, -0.2) is 15.0 Å². The van der Waals surface area contributed by atoms with Gasteiger partial charge in [0.1, 0.15) is 11.6 Å². The van der Waals surface area contributed by atoms with E-state index in [2.05, 4.69) is 25.8 Å². The predicted molar refractivity (Wildman–Crippen MR) is 101 cm³/mol. The number of rotatable bonds is 6. The van der Waals surface area contributed by atoms with Crippen molar-refractivity contribution in [1.29, 1.82) is 0 Å². The molecule has 10 heteroatoms. The number of aromatic amines is 2. The Labute approximate surface area is 156 Å². The number of hydrogen-bond acceptors (Lipinski definition) is 6. The normalized spacial score (nSPS) is 12.9. The minimum absolute atomic E-state index is 0.107. The van der Waals surface area contributed by atoms with Gasteiger partial charge >= 0.3 is 11.8 Å². The Bertz CT molecular complexity index is 816. The van der Waals surface area contributed by atoms with Crippen molar-refractivity contribution in [1.82, 2.24) is 20.7 Å².